The van der Waals surface area contributed by atoms with Crippen molar-refractivity contribution in [2.45, 2.75) is 38.6 Å². The number of nitrogens with zero attached hydrogens (tertiary/aromatic N) is 4. The molecular formula is C21H27N5O. The first-order valence-electron chi connectivity index (χ1n) is 9.70. The highest BCUT2D eigenvalue weighted by atomic mass is 16.2. The van der Waals surface area contributed by atoms with Crippen molar-refractivity contribution in [3.63, 3.8) is 0 Å². The lowest BCUT2D eigenvalue weighted by atomic mass is 9.78. The first-order valence-corrected chi connectivity index (χ1v) is 9.70. The Kier molecular flexibility index (Phi) is 4.83. The number of likely N-dealkylation sites (tertiary alicyclic amines) is 1. The van der Waals surface area contributed by atoms with E-state index in [1.807, 2.05) is 23.4 Å². The summed E-state index contributed by atoms with van der Waals surface area (Å²) in [4.78, 5) is 29.5. The van der Waals surface area contributed by atoms with E-state index in [1.165, 1.54) is 17.0 Å². The van der Waals surface area contributed by atoms with Gasteiger partial charge in [-0.1, -0.05) is 11.6 Å². The Labute approximate surface area is 160 Å². The largest absolute Gasteiger partial charge is 0.348 e. The molecular weight excluding hydrogens is 338 g/mol. The molecule has 6 heteroatoms. The number of carbonyl (C=O) groups is 1. The molecule has 0 atom stereocenters. The van der Waals surface area contributed by atoms with Crippen LogP contribution in [0.25, 0.3) is 0 Å². The van der Waals surface area contributed by atoms with Crippen LogP contribution in [0.4, 0.5) is 0 Å². The van der Waals surface area contributed by atoms with Crippen LogP contribution < -0.4 is 0 Å². The molecule has 2 aliphatic heterocycles. The summed E-state index contributed by atoms with van der Waals surface area (Å²) in [6, 6.07) is 3.66. The Bertz CT molecular complexity index is 829. The SMILES string of the molecule is CC(C)=CCN1CCc2[nH]cnc2C12CCN(C(=O)c1cccnc1)CC2. The van der Waals surface area contributed by atoms with E-state index in [0.29, 0.717) is 5.56 Å². The number of carbonyl (C=O) groups excluding carboxylic acids is 1. The Hall–Kier alpha value is -2.47. The summed E-state index contributed by atoms with van der Waals surface area (Å²) in [7, 11) is 0. The lowest BCUT2D eigenvalue weighted by Gasteiger charge is -2.50. The third kappa shape index (κ3) is 3.30. The minimum absolute atomic E-state index is 0.0758. The van der Waals surface area contributed by atoms with Gasteiger partial charge in [0.2, 0.25) is 0 Å². The van der Waals surface area contributed by atoms with E-state index >= 15 is 0 Å². The van der Waals surface area contributed by atoms with E-state index in [4.69, 9.17) is 4.98 Å². The maximum Gasteiger partial charge on any atom is 0.255 e. The number of H-pyrrole nitrogens is 1. The lowest BCUT2D eigenvalue weighted by molar-refractivity contribution is 0.0139. The van der Waals surface area contributed by atoms with Crippen molar-refractivity contribution in [3.05, 3.63) is 59.5 Å². The van der Waals surface area contributed by atoms with Crippen LogP contribution in [0.1, 0.15) is 48.4 Å². The Balaban J connectivity index is 1.56. The van der Waals surface area contributed by atoms with Gasteiger partial charge in [-0.2, -0.15) is 0 Å². The topological polar surface area (TPSA) is 65.1 Å². The van der Waals surface area contributed by atoms with E-state index in [9.17, 15) is 4.79 Å². The number of hydrogen-bond donors (Lipinski definition) is 1. The molecule has 4 rings (SSSR count). The van der Waals surface area contributed by atoms with Gasteiger partial charge in [-0.15, -0.1) is 0 Å². The van der Waals surface area contributed by atoms with E-state index in [1.54, 1.807) is 12.4 Å². The summed E-state index contributed by atoms with van der Waals surface area (Å²) < 4.78 is 0. The molecule has 2 aromatic heterocycles. The number of hydrogen-bond acceptors (Lipinski definition) is 4. The van der Waals surface area contributed by atoms with Crippen LogP contribution >= 0.6 is 0 Å². The fourth-order valence-electron chi connectivity index (χ4n) is 4.39. The predicted octanol–water partition coefficient (Wildman–Crippen LogP) is 2.76. The van der Waals surface area contributed by atoms with Gasteiger partial charge in [0.1, 0.15) is 0 Å². The second-order valence-corrected chi connectivity index (χ2v) is 7.77. The minimum Gasteiger partial charge on any atom is -0.348 e. The van der Waals surface area contributed by atoms with Crippen molar-refractivity contribution in [2.24, 2.45) is 0 Å². The smallest absolute Gasteiger partial charge is 0.255 e. The molecule has 2 aliphatic rings. The molecule has 0 aliphatic carbocycles. The molecule has 1 N–H and O–H groups in total. The van der Waals surface area contributed by atoms with Crippen LogP contribution in [0.3, 0.4) is 0 Å². The second-order valence-electron chi connectivity index (χ2n) is 7.77. The maximum absolute atomic E-state index is 12.8. The number of allylic oxidation sites excluding steroid dienone is 1. The van der Waals surface area contributed by atoms with E-state index < -0.39 is 0 Å². The number of amides is 1. The molecule has 0 bridgehead atoms. The molecule has 0 radical (unpaired) electrons. The van der Waals surface area contributed by atoms with Gasteiger partial charge in [0.05, 0.1) is 23.1 Å². The van der Waals surface area contributed by atoms with E-state index in [0.717, 1.165) is 45.4 Å². The molecule has 0 unspecified atom stereocenters. The second kappa shape index (κ2) is 7.27. The summed E-state index contributed by atoms with van der Waals surface area (Å²) in [5.74, 6) is 0.0758. The van der Waals surface area contributed by atoms with Gasteiger partial charge in [0, 0.05) is 50.7 Å². The number of fused-ring (bicyclic) bond motifs is 2. The zero-order chi connectivity index (χ0) is 18.9. The molecule has 1 saturated heterocycles. The first-order chi connectivity index (χ1) is 13.1. The average Bonchev–Trinajstić information content (AvgIpc) is 3.18. The van der Waals surface area contributed by atoms with Crippen molar-refractivity contribution in [2.75, 3.05) is 26.2 Å². The molecule has 1 amide bonds. The zero-order valence-corrected chi connectivity index (χ0v) is 16.1. The standard InChI is InChI=1S/C21H27N5O/c1-16(2)5-10-26-11-6-18-19(24-15-23-18)21(26)7-12-25(13-8-21)20(27)17-4-3-9-22-14-17/h3-5,9,14-15H,6-8,10-13H2,1-2H3,(H,23,24). The molecule has 1 fully saturated rings. The van der Waals surface area contributed by atoms with Crippen LogP contribution in [-0.2, 0) is 12.0 Å². The van der Waals surface area contributed by atoms with Crippen LogP contribution in [0, 0.1) is 0 Å². The number of rotatable bonds is 3. The van der Waals surface area contributed by atoms with Gasteiger partial charge in [0.25, 0.3) is 5.91 Å². The predicted molar refractivity (Wildman–Crippen MR) is 104 cm³/mol. The van der Waals surface area contributed by atoms with Crippen LogP contribution in [0.15, 0.2) is 42.5 Å². The molecule has 142 valence electrons. The minimum atomic E-state index is -0.0781. The molecule has 1 spiro atoms. The molecule has 27 heavy (non-hydrogen) atoms. The number of nitrogens with one attached hydrogen (secondary N) is 1. The van der Waals surface area contributed by atoms with Crippen molar-refractivity contribution in [1.82, 2.24) is 24.8 Å². The Morgan fingerprint density at radius 3 is 2.81 bits per heavy atom. The van der Waals surface area contributed by atoms with Crippen molar-refractivity contribution < 1.29 is 4.79 Å². The van der Waals surface area contributed by atoms with Crippen molar-refractivity contribution in [1.29, 1.82) is 0 Å². The van der Waals surface area contributed by atoms with E-state index in [-0.39, 0.29) is 11.4 Å². The molecule has 6 nitrogen and oxygen atoms in total. The summed E-state index contributed by atoms with van der Waals surface area (Å²) >= 11 is 0. The fraction of sp³-hybridized carbons (Fsp3) is 0.476. The highest BCUT2D eigenvalue weighted by molar-refractivity contribution is 5.93. The van der Waals surface area contributed by atoms with Crippen LogP contribution in [0.5, 0.6) is 0 Å². The lowest BCUT2D eigenvalue weighted by Crippen LogP contribution is -2.57. The number of piperidine rings is 1. The van der Waals surface area contributed by atoms with Gasteiger partial charge in [-0.25, -0.2) is 4.98 Å². The summed E-state index contributed by atoms with van der Waals surface area (Å²) in [5, 5.41) is 0. The van der Waals surface area contributed by atoms with E-state index in [2.05, 4.69) is 34.8 Å². The summed E-state index contributed by atoms with van der Waals surface area (Å²) in [6.45, 7) is 7.73. The first kappa shape index (κ1) is 17.9. The summed E-state index contributed by atoms with van der Waals surface area (Å²) in [5.41, 5.74) is 4.37. The highest BCUT2D eigenvalue weighted by Gasteiger charge is 2.46. The maximum atomic E-state index is 12.8. The van der Waals surface area contributed by atoms with Gasteiger partial charge in [0.15, 0.2) is 0 Å². The molecule has 4 heterocycles. The molecule has 0 aromatic carbocycles. The number of aromatic amines is 1. The Morgan fingerprint density at radius 1 is 1.30 bits per heavy atom. The molecule has 0 saturated carbocycles. The fourth-order valence-corrected chi connectivity index (χ4v) is 4.39. The normalized spacial score (nSPS) is 19.0. The van der Waals surface area contributed by atoms with Gasteiger partial charge < -0.3 is 9.88 Å². The van der Waals surface area contributed by atoms with Crippen molar-refractivity contribution in [3.8, 4) is 0 Å². The van der Waals surface area contributed by atoms with Crippen LogP contribution in [-0.4, -0.2) is 56.8 Å². The van der Waals surface area contributed by atoms with Gasteiger partial charge in [-0.3, -0.25) is 14.7 Å². The van der Waals surface area contributed by atoms with Crippen LogP contribution in [0.2, 0.25) is 0 Å². The quantitative estimate of drug-likeness (QED) is 0.850. The number of aromatic nitrogens is 3. The molecule has 2 aromatic rings. The van der Waals surface area contributed by atoms with Gasteiger partial charge >= 0.3 is 0 Å². The number of imidazole rings is 1. The third-order valence-corrected chi connectivity index (χ3v) is 5.90. The average molecular weight is 365 g/mol. The monoisotopic (exact) mass is 365 g/mol. The van der Waals surface area contributed by atoms with Crippen molar-refractivity contribution >= 4 is 5.91 Å². The third-order valence-electron chi connectivity index (χ3n) is 5.90. The Morgan fingerprint density at radius 2 is 2.11 bits per heavy atom. The highest BCUT2D eigenvalue weighted by Crippen LogP contribution is 2.42. The number of pyridine rings is 1. The van der Waals surface area contributed by atoms with Gasteiger partial charge in [-0.05, 0) is 38.8 Å². The summed E-state index contributed by atoms with van der Waals surface area (Å²) in [6.07, 6.45) is 10.3. The zero-order valence-electron chi connectivity index (χ0n) is 16.1.